The molecule has 5 heterocycles. The van der Waals surface area contributed by atoms with Crippen LogP contribution in [-0.2, 0) is 0 Å². The zero-order valence-electron chi connectivity index (χ0n) is 20.1. The molecule has 9 aromatic rings. The fourth-order valence-electron chi connectivity index (χ4n) is 6.17. The van der Waals surface area contributed by atoms with E-state index < -0.39 is 0 Å². The van der Waals surface area contributed by atoms with Crippen LogP contribution in [0.2, 0.25) is 0 Å². The van der Waals surface area contributed by atoms with Crippen molar-refractivity contribution in [2.75, 3.05) is 0 Å². The standard InChI is InChI=1S/C33H18N4S/c1-3-11-24-20(8-1)27-23-10-6-17-35-31(23)33-28(22-9-2-4-12-26(22)38-33)32(27)37(24)25-15-18-36-30-21(25)14-13-19-7-5-16-34-29(19)30/h1-18H. The third kappa shape index (κ3) is 2.51. The lowest BCUT2D eigenvalue weighted by Crippen LogP contribution is -1.97. The van der Waals surface area contributed by atoms with Gasteiger partial charge in [-0.05, 0) is 36.4 Å². The smallest absolute Gasteiger partial charge is 0.0985 e. The van der Waals surface area contributed by atoms with Gasteiger partial charge in [-0.15, -0.1) is 11.3 Å². The van der Waals surface area contributed by atoms with Crippen LogP contribution >= 0.6 is 11.3 Å². The first-order valence-corrected chi connectivity index (χ1v) is 13.4. The average molecular weight is 503 g/mol. The van der Waals surface area contributed by atoms with Gasteiger partial charge in [-0.25, -0.2) is 0 Å². The Hall–Kier alpha value is -4.87. The topological polar surface area (TPSA) is 43.6 Å². The number of rotatable bonds is 1. The van der Waals surface area contributed by atoms with E-state index in [0.29, 0.717) is 0 Å². The van der Waals surface area contributed by atoms with Gasteiger partial charge in [-0.1, -0.05) is 54.6 Å². The van der Waals surface area contributed by atoms with E-state index in [1.54, 1.807) is 0 Å². The van der Waals surface area contributed by atoms with E-state index in [0.717, 1.165) is 33.0 Å². The number of nitrogens with zero attached hydrogens (tertiary/aromatic N) is 4. The molecule has 0 aliphatic carbocycles. The summed E-state index contributed by atoms with van der Waals surface area (Å²) in [6.45, 7) is 0. The van der Waals surface area contributed by atoms with Gasteiger partial charge in [0.15, 0.2) is 0 Å². The molecule has 0 unspecified atom stereocenters. The monoisotopic (exact) mass is 502 g/mol. The van der Waals surface area contributed by atoms with Crippen LogP contribution in [-0.4, -0.2) is 19.5 Å². The Labute approximate surface area is 220 Å². The minimum atomic E-state index is 0.917. The fourth-order valence-corrected chi connectivity index (χ4v) is 7.38. The highest BCUT2D eigenvalue weighted by Crippen LogP contribution is 2.47. The number of pyridine rings is 3. The molecule has 0 bridgehead atoms. The van der Waals surface area contributed by atoms with Crippen LogP contribution in [0.1, 0.15) is 0 Å². The molecule has 0 N–H and O–H groups in total. The van der Waals surface area contributed by atoms with E-state index in [9.17, 15) is 0 Å². The van der Waals surface area contributed by atoms with E-state index in [4.69, 9.17) is 15.0 Å². The number of thiophene rings is 1. The fraction of sp³-hybridized carbons (Fsp3) is 0. The highest BCUT2D eigenvalue weighted by Gasteiger charge is 2.23. The number of fused-ring (bicyclic) bond motifs is 13. The molecule has 0 fully saturated rings. The average Bonchev–Trinajstić information content (AvgIpc) is 3.53. The Balaban J connectivity index is 1.60. The number of hydrogen-bond acceptors (Lipinski definition) is 4. The van der Waals surface area contributed by atoms with Gasteiger partial charge in [0, 0.05) is 61.0 Å². The van der Waals surface area contributed by atoms with Crippen molar-refractivity contribution in [3.05, 3.63) is 110 Å². The normalized spacial score (nSPS) is 12.2. The van der Waals surface area contributed by atoms with Crippen molar-refractivity contribution >= 4 is 86.0 Å². The molecule has 176 valence electrons. The van der Waals surface area contributed by atoms with Crippen molar-refractivity contribution in [3.63, 3.8) is 0 Å². The van der Waals surface area contributed by atoms with Crippen molar-refractivity contribution in [1.82, 2.24) is 19.5 Å². The van der Waals surface area contributed by atoms with Crippen molar-refractivity contribution in [2.45, 2.75) is 0 Å². The summed E-state index contributed by atoms with van der Waals surface area (Å²) >= 11 is 1.83. The maximum Gasteiger partial charge on any atom is 0.0985 e. The second-order valence-electron chi connectivity index (χ2n) is 9.65. The first-order valence-electron chi connectivity index (χ1n) is 12.6. The van der Waals surface area contributed by atoms with Crippen LogP contribution in [0.15, 0.2) is 110 Å². The number of para-hydroxylation sites is 1. The number of benzene rings is 4. The molecule has 5 aromatic heterocycles. The molecule has 4 nitrogen and oxygen atoms in total. The summed E-state index contributed by atoms with van der Waals surface area (Å²) in [5.41, 5.74) is 6.40. The van der Waals surface area contributed by atoms with Gasteiger partial charge in [0.2, 0.25) is 0 Å². The largest absolute Gasteiger partial charge is 0.308 e. The minimum Gasteiger partial charge on any atom is -0.308 e. The van der Waals surface area contributed by atoms with Crippen LogP contribution in [0.25, 0.3) is 80.4 Å². The van der Waals surface area contributed by atoms with E-state index >= 15 is 0 Å². The van der Waals surface area contributed by atoms with Gasteiger partial charge in [-0.3, -0.25) is 15.0 Å². The maximum atomic E-state index is 4.91. The van der Waals surface area contributed by atoms with Gasteiger partial charge in [0.25, 0.3) is 0 Å². The molecule has 0 saturated heterocycles. The molecule has 5 heteroatoms. The van der Waals surface area contributed by atoms with Crippen LogP contribution in [0.3, 0.4) is 0 Å². The molecule has 0 radical (unpaired) electrons. The first kappa shape index (κ1) is 20.2. The molecule has 38 heavy (non-hydrogen) atoms. The SMILES string of the molecule is c1cnc2c(c1)ccc1c(-n3c4ccccc4c4c5cccnc5c5sc6ccccc6c5c43)ccnc12. The summed E-state index contributed by atoms with van der Waals surface area (Å²) in [5.74, 6) is 0. The molecule has 9 rings (SSSR count). The Morgan fingerprint density at radius 1 is 0.526 bits per heavy atom. The molecule has 0 atom stereocenters. The van der Waals surface area contributed by atoms with E-state index in [2.05, 4.69) is 83.4 Å². The second kappa shape index (κ2) is 7.34. The summed E-state index contributed by atoms with van der Waals surface area (Å²) < 4.78 is 4.94. The van der Waals surface area contributed by atoms with Gasteiger partial charge in [0.05, 0.1) is 38.0 Å². The number of aromatic nitrogens is 4. The lowest BCUT2D eigenvalue weighted by molar-refractivity contribution is 1.19. The van der Waals surface area contributed by atoms with Crippen LogP contribution < -0.4 is 0 Å². The molecular formula is C33H18N4S. The lowest BCUT2D eigenvalue weighted by atomic mass is 10.0. The van der Waals surface area contributed by atoms with Crippen LogP contribution in [0.5, 0.6) is 0 Å². The molecule has 0 amide bonds. The van der Waals surface area contributed by atoms with E-state index in [1.165, 1.54) is 47.4 Å². The van der Waals surface area contributed by atoms with Crippen LogP contribution in [0.4, 0.5) is 0 Å². The summed E-state index contributed by atoms with van der Waals surface area (Å²) in [5, 5.41) is 8.34. The van der Waals surface area contributed by atoms with Gasteiger partial charge in [-0.2, -0.15) is 0 Å². The zero-order valence-corrected chi connectivity index (χ0v) is 20.9. The van der Waals surface area contributed by atoms with Crippen molar-refractivity contribution < 1.29 is 0 Å². The van der Waals surface area contributed by atoms with Crippen LogP contribution in [0, 0.1) is 0 Å². The predicted octanol–water partition coefficient (Wildman–Crippen LogP) is 8.80. The Kier molecular flexibility index (Phi) is 3.91. The summed E-state index contributed by atoms with van der Waals surface area (Å²) in [6, 6.07) is 32.2. The highest BCUT2D eigenvalue weighted by molar-refractivity contribution is 7.26. The van der Waals surface area contributed by atoms with Gasteiger partial charge < -0.3 is 4.57 Å². The number of hydrogen-bond donors (Lipinski definition) is 0. The molecule has 4 aromatic carbocycles. The first-order chi connectivity index (χ1) is 18.9. The molecule has 0 aliphatic heterocycles. The minimum absolute atomic E-state index is 0.917. The predicted molar refractivity (Wildman–Crippen MR) is 160 cm³/mol. The molecular weight excluding hydrogens is 484 g/mol. The molecule has 0 spiro atoms. The maximum absolute atomic E-state index is 4.91. The van der Waals surface area contributed by atoms with E-state index in [1.807, 2.05) is 42.1 Å². The van der Waals surface area contributed by atoms with Crippen molar-refractivity contribution in [1.29, 1.82) is 0 Å². The van der Waals surface area contributed by atoms with Gasteiger partial charge in [0.1, 0.15) is 0 Å². The summed E-state index contributed by atoms with van der Waals surface area (Å²) in [4.78, 5) is 14.4. The lowest BCUT2D eigenvalue weighted by Gasteiger charge is -2.13. The van der Waals surface area contributed by atoms with Gasteiger partial charge >= 0.3 is 0 Å². The van der Waals surface area contributed by atoms with Crippen molar-refractivity contribution in [3.8, 4) is 5.69 Å². The Morgan fingerprint density at radius 2 is 1.29 bits per heavy atom. The highest BCUT2D eigenvalue weighted by atomic mass is 32.1. The molecule has 0 saturated carbocycles. The zero-order chi connectivity index (χ0) is 24.8. The summed E-state index contributed by atoms with van der Waals surface area (Å²) in [6.07, 6.45) is 5.67. The Bertz CT molecular complexity index is 2420. The summed E-state index contributed by atoms with van der Waals surface area (Å²) in [7, 11) is 0. The molecule has 0 aliphatic rings. The third-order valence-corrected chi connectivity index (χ3v) is 8.88. The van der Waals surface area contributed by atoms with E-state index in [-0.39, 0.29) is 0 Å². The Morgan fingerprint density at radius 3 is 2.24 bits per heavy atom. The second-order valence-corrected chi connectivity index (χ2v) is 10.7. The quantitative estimate of drug-likeness (QED) is 0.211. The van der Waals surface area contributed by atoms with Crippen molar-refractivity contribution in [2.24, 2.45) is 0 Å². The third-order valence-electron chi connectivity index (χ3n) is 7.70.